The van der Waals surface area contributed by atoms with Crippen LogP contribution in [0.5, 0.6) is 0 Å². The highest BCUT2D eigenvalue weighted by Gasteiger charge is 2.35. The lowest BCUT2D eigenvalue weighted by Crippen LogP contribution is -2.44. The molecular weight excluding hydrogens is 399 g/mol. The Labute approximate surface area is 154 Å². The van der Waals surface area contributed by atoms with Crippen LogP contribution < -0.4 is 0 Å². The van der Waals surface area contributed by atoms with Crippen LogP contribution >= 0.6 is 15.9 Å². The second-order valence-corrected chi connectivity index (χ2v) is 8.49. The number of likely N-dealkylation sites (tertiary alicyclic amines) is 1. The molecule has 0 saturated carbocycles. The zero-order valence-electron chi connectivity index (χ0n) is 14.8. The number of amides is 1. The van der Waals surface area contributed by atoms with E-state index < -0.39 is 17.3 Å². The molecule has 0 N–H and O–H groups in total. The minimum Gasteiger partial charge on any atom is -0.444 e. The van der Waals surface area contributed by atoms with Crippen LogP contribution in [0.2, 0.25) is 0 Å². The molecule has 0 spiro atoms. The maximum Gasteiger partial charge on any atom is 0.416 e. The molecule has 1 aromatic rings. The molecule has 0 bridgehead atoms. The predicted molar refractivity (Wildman–Crippen MR) is 93.5 cm³/mol. The summed E-state index contributed by atoms with van der Waals surface area (Å²) in [4.78, 5) is 13.8. The summed E-state index contributed by atoms with van der Waals surface area (Å²) in [6.07, 6.45) is -4.14. The van der Waals surface area contributed by atoms with Gasteiger partial charge in [0.25, 0.3) is 0 Å². The van der Waals surface area contributed by atoms with E-state index in [4.69, 9.17) is 4.74 Å². The summed E-state index contributed by atoms with van der Waals surface area (Å²) >= 11 is 3.18. The molecular formula is C18H23BrF3NO2. The summed E-state index contributed by atoms with van der Waals surface area (Å²) in [7, 11) is 0. The molecule has 1 fully saturated rings. The summed E-state index contributed by atoms with van der Waals surface area (Å²) in [5, 5.41) is 0. The lowest BCUT2D eigenvalue weighted by atomic mass is 9.81. The number of hydrogen-bond donors (Lipinski definition) is 0. The number of piperidine rings is 1. The Morgan fingerprint density at radius 2 is 1.88 bits per heavy atom. The van der Waals surface area contributed by atoms with Crippen molar-refractivity contribution in [2.24, 2.45) is 5.92 Å². The number of carbonyl (C=O) groups is 1. The molecule has 1 amide bonds. The van der Waals surface area contributed by atoms with Crippen molar-refractivity contribution in [3.05, 3.63) is 33.8 Å². The molecule has 25 heavy (non-hydrogen) atoms. The minimum absolute atomic E-state index is 0.0303. The normalized spacial score (nSPS) is 22.0. The molecule has 2 unspecified atom stereocenters. The molecule has 1 aliphatic rings. The second kappa shape index (κ2) is 7.17. The van der Waals surface area contributed by atoms with E-state index in [9.17, 15) is 18.0 Å². The van der Waals surface area contributed by atoms with Gasteiger partial charge < -0.3 is 9.64 Å². The first-order valence-electron chi connectivity index (χ1n) is 8.22. The first-order chi connectivity index (χ1) is 11.4. The van der Waals surface area contributed by atoms with Crippen molar-refractivity contribution in [1.29, 1.82) is 0 Å². The van der Waals surface area contributed by atoms with E-state index in [1.54, 1.807) is 31.7 Å². The van der Waals surface area contributed by atoms with E-state index in [2.05, 4.69) is 15.9 Å². The van der Waals surface area contributed by atoms with Gasteiger partial charge in [0.1, 0.15) is 5.60 Å². The minimum atomic E-state index is -4.38. The summed E-state index contributed by atoms with van der Waals surface area (Å²) in [6, 6.07) is 4.04. The van der Waals surface area contributed by atoms with Crippen LogP contribution in [-0.4, -0.2) is 29.7 Å². The fourth-order valence-electron chi connectivity index (χ4n) is 3.12. The highest BCUT2D eigenvalue weighted by molar-refractivity contribution is 9.10. The maximum atomic E-state index is 13.0. The van der Waals surface area contributed by atoms with Crippen molar-refractivity contribution in [3.63, 3.8) is 0 Å². The fraction of sp³-hybridized carbons (Fsp3) is 0.611. The summed E-state index contributed by atoms with van der Waals surface area (Å²) in [5.41, 5.74) is -0.569. The topological polar surface area (TPSA) is 29.5 Å². The van der Waals surface area contributed by atoms with Crippen molar-refractivity contribution in [1.82, 2.24) is 4.90 Å². The molecule has 1 aliphatic heterocycles. The quantitative estimate of drug-likeness (QED) is 0.570. The van der Waals surface area contributed by atoms with Crippen LogP contribution in [0.1, 0.15) is 51.2 Å². The Hall–Kier alpha value is -1.24. The van der Waals surface area contributed by atoms with Crippen LogP contribution in [0.25, 0.3) is 0 Å². The third kappa shape index (κ3) is 5.36. The lowest BCUT2D eigenvalue weighted by molar-refractivity contribution is -0.137. The standard InChI is InChI=1S/C18H23BrF3NO2/c1-11-10-23(16(24)25-17(2,3)4)6-5-15(11)12-7-13(18(20,21)22)9-14(19)8-12/h7-9,11,15H,5-6,10H2,1-4H3. The molecule has 1 heterocycles. The van der Waals surface area contributed by atoms with Gasteiger partial charge in [-0.15, -0.1) is 0 Å². The zero-order chi connectivity index (χ0) is 19.0. The molecule has 1 aromatic carbocycles. The average Bonchev–Trinajstić information content (AvgIpc) is 2.43. The summed E-state index contributed by atoms with van der Waals surface area (Å²) in [5.74, 6) is 0.00828. The molecule has 0 aromatic heterocycles. The van der Waals surface area contributed by atoms with E-state index in [1.165, 1.54) is 6.07 Å². The van der Waals surface area contributed by atoms with E-state index in [-0.39, 0.29) is 17.9 Å². The first kappa shape index (κ1) is 20.1. The van der Waals surface area contributed by atoms with Crippen molar-refractivity contribution >= 4 is 22.0 Å². The van der Waals surface area contributed by atoms with Gasteiger partial charge in [-0.25, -0.2) is 4.79 Å². The van der Waals surface area contributed by atoms with Gasteiger partial charge in [0.05, 0.1) is 5.56 Å². The van der Waals surface area contributed by atoms with Gasteiger partial charge in [-0.2, -0.15) is 13.2 Å². The Kier molecular flexibility index (Phi) is 5.76. The number of alkyl halides is 3. The number of benzene rings is 1. The maximum absolute atomic E-state index is 13.0. The number of nitrogens with zero attached hydrogens (tertiary/aromatic N) is 1. The predicted octanol–water partition coefficient (Wildman–Crippen LogP) is 5.83. The van der Waals surface area contributed by atoms with Crippen molar-refractivity contribution < 1.29 is 22.7 Å². The second-order valence-electron chi connectivity index (χ2n) is 7.57. The Morgan fingerprint density at radius 1 is 1.24 bits per heavy atom. The van der Waals surface area contributed by atoms with Crippen LogP contribution in [0.4, 0.5) is 18.0 Å². The van der Waals surface area contributed by atoms with Gasteiger partial charge in [0.2, 0.25) is 0 Å². The zero-order valence-corrected chi connectivity index (χ0v) is 16.4. The number of halogens is 4. The summed E-state index contributed by atoms with van der Waals surface area (Å²) < 4.78 is 44.9. The van der Waals surface area contributed by atoms with Crippen LogP contribution in [0, 0.1) is 5.92 Å². The third-order valence-corrected chi connectivity index (χ3v) is 4.69. The Morgan fingerprint density at radius 3 is 2.40 bits per heavy atom. The van der Waals surface area contributed by atoms with Crippen molar-refractivity contribution in [2.45, 2.75) is 51.8 Å². The van der Waals surface area contributed by atoms with Gasteiger partial charge >= 0.3 is 12.3 Å². The van der Waals surface area contributed by atoms with Gasteiger partial charge in [-0.1, -0.05) is 22.9 Å². The van der Waals surface area contributed by atoms with Gasteiger partial charge in [0.15, 0.2) is 0 Å². The molecule has 0 radical (unpaired) electrons. The fourth-order valence-corrected chi connectivity index (χ4v) is 3.63. The van der Waals surface area contributed by atoms with Crippen molar-refractivity contribution in [2.75, 3.05) is 13.1 Å². The smallest absolute Gasteiger partial charge is 0.416 e. The van der Waals surface area contributed by atoms with Crippen LogP contribution in [-0.2, 0) is 10.9 Å². The number of ether oxygens (including phenoxy) is 1. The average molecular weight is 422 g/mol. The van der Waals surface area contributed by atoms with E-state index in [1.807, 2.05) is 6.92 Å². The summed E-state index contributed by atoms with van der Waals surface area (Å²) in [6.45, 7) is 8.31. The number of rotatable bonds is 1. The third-order valence-electron chi connectivity index (χ3n) is 4.23. The van der Waals surface area contributed by atoms with Gasteiger partial charge in [-0.05, 0) is 62.8 Å². The van der Waals surface area contributed by atoms with E-state index >= 15 is 0 Å². The van der Waals surface area contributed by atoms with Gasteiger partial charge in [-0.3, -0.25) is 0 Å². The van der Waals surface area contributed by atoms with Gasteiger partial charge in [0, 0.05) is 17.6 Å². The molecule has 0 aliphatic carbocycles. The Bertz CT molecular complexity index is 640. The highest BCUT2D eigenvalue weighted by Crippen LogP contribution is 2.38. The largest absolute Gasteiger partial charge is 0.444 e. The van der Waals surface area contributed by atoms with E-state index in [0.717, 1.165) is 6.07 Å². The molecule has 1 saturated heterocycles. The highest BCUT2D eigenvalue weighted by atomic mass is 79.9. The molecule has 2 atom stereocenters. The van der Waals surface area contributed by atoms with Crippen LogP contribution in [0.3, 0.4) is 0 Å². The lowest BCUT2D eigenvalue weighted by Gasteiger charge is -2.38. The first-order valence-corrected chi connectivity index (χ1v) is 9.02. The van der Waals surface area contributed by atoms with Crippen LogP contribution in [0.15, 0.2) is 22.7 Å². The van der Waals surface area contributed by atoms with E-state index in [0.29, 0.717) is 29.5 Å². The number of carbonyl (C=O) groups excluding carboxylic acids is 1. The van der Waals surface area contributed by atoms with Crippen molar-refractivity contribution in [3.8, 4) is 0 Å². The molecule has 7 heteroatoms. The molecule has 3 nitrogen and oxygen atoms in total. The molecule has 140 valence electrons. The number of hydrogen-bond acceptors (Lipinski definition) is 2. The Balaban J connectivity index is 2.14. The SMILES string of the molecule is CC1CN(C(=O)OC(C)(C)C)CCC1c1cc(Br)cc(C(F)(F)F)c1. The monoisotopic (exact) mass is 421 g/mol. The molecule has 2 rings (SSSR count).